The van der Waals surface area contributed by atoms with Crippen LogP contribution in [0.5, 0.6) is 5.75 Å². The van der Waals surface area contributed by atoms with Gasteiger partial charge >= 0.3 is 5.97 Å². The van der Waals surface area contributed by atoms with Crippen molar-refractivity contribution in [3.05, 3.63) is 29.7 Å². The Bertz CT molecular complexity index is 696. The maximum absolute atomic E-state index is 11.9. The third-order valence-corrected chi connectivity index (χ3v) is 5.43. The molecule has 1 fully saturated rings. The number of thioether (sulfide) groups is 1. The Balaban J connectivity index is 2.25. The molecule has 1 heterocycles. The zero-order valence-corrected chi connectivity index (χ0v) is 17.2. The predicted molar refractivity (Wildman–Crippen MR) is 103 cm³/mol. The number of esters is 1. The van der Waals surface area contributed by atoms with Gasteiger partial charge in [0.25, 0.3) is 11.1 Å². The summed E-state index contributed by atoms with van der Waals surface area (Å²) < 4.78 is 11.6. The minimum Gasteiger partial charge on any atom is -0.480 e. The second-order valence-corrected chi connectivity index (χ2v) is 7.74. The summed E-state index contributed by atoms with van der Waals surface area (Å²) in [6, 6.07) is 3.64. The first-order valence-corrected chi connectivity index (χ1v) is 9.21. The molecule has 0 atom stereocenters. The quantitative estimate of drug-likeness (QED) is 0.321. The molecule has 1 aromatic carbocycles. The molecule has 2 rings (SSSR count). The zero-order valence-electron chi connectivity index (χ0n) is 12.1. The van der Waals surface area contributed by atoms with Crippen LogP contribution in [0.2, 0.25) is 0 Å². The number of methoxy groups -OCH3 is 1. The van der Waals surface area contributed by atoms with Gasteiger partial charge in [-0.15, -0.1) is 0 Å². The number of carbonyl (C=O) groups is 3. The van der Waals surface area contributed by atoms with Gasteiger partial charge in [-0.05, 0) is 80.7 Å². The van der Waals surface area contributed by atoms with Crippen LogP contribution in [-0.2, 0) is 14.3 Å². The van der Waals surface area contributed by atoms with Crippen LogP contribution >= 0.6 is 56.9 Å². The smallest absolute Gasteiger partial charge is 0.343 e. The number of likely N-dealkylation sites (N-methyl/N-ethyl adjacent to an activating group) is 1. The van der Waals surface area contributed by atoms with E-state index in [4.69, 9.17) is 4.74 Å². The Kier molecular flexibility index (Phi) is 6.31. The average molecular weight is 559 g/mol. The number of hydrogen-bond acceptors (Lipinski definition) is 6. The molecule has 1 aromatic rings. The summed E-state index contributed by atoms with van der Waals surface area (Å²) in [5.74, 6) is -0.189. The van der Waals surface area contributed by atoms with Crippen molar-refractivity contribution in [3.63, 3.8) is 0 Å². The van der Waals surface area contributed by atoms with Crippen molar-refractivity contribution in [1.29, 1.82) is 0 Å². The van der Waals surface area contributed by atoms with Gasteiger partial charge in [0.1, 0.15) is 5.75 Å². The molecule has 0 aromatic heterocycles. The highest BCUT2D eigenvalue weighted by atomic mass is 127. The van der Waals surface area contributed by atoms with Crippen molar-refractivity contribution in [2.45, 2.75) is 0 Å². The molecule has 2 amide bonds. The van der Waals surface area contributed by atoms with Crippen LogP contribution in [0.25, 0.3) is 6.08 Å². The maximum Gasteiger partial charge on any atom is 0.343 e. The highest BCUT2D eigenvalue weighted by Crippen LogP contribution is 2.34. The molecule has 1 aliphatic rings. The van der Waals surface area contributed by atoms with Crippen LogP contribution in [0.1, 0.15) is 5.56 Å². The topological polar surface area (TPSA) is 72.9 Å². The molecule has 0 saturated carbocycles. The van der Waals surface area contributed by atoms with Crippen LogP contribution in [0.4, 0.5) is 4.79 Å². The fraction of sp³-hybridized carbons (Fsp3) is 0.214. The van der Waals surface area contributed by atoms with E-state index in [-0.39, 0.29) is 17.8 Å². The zero-order chi connectivity index (χ0) is 17.1. The van der Waals surface area contributed by atoms with Crippen molar-refractivity contribution in [2.75, 3.05) is 20.8 Å². The summed E-state index contributed by atoms with van der Waals surface area (Å²) in [5.41, 5.74) is 0.781. The van der Waals surface area contributed by atoms with Gasteiger partial charge < -0.3 is 9.47 Å². The van der Waals surface area contributed by atoms with E-state index >= 15 is 0 Å². The first-order valence-electron chi connectivity index (χ1n) is 6.23. The molecular weight excluding hydrogens is 548 g/mol. The molecule has 0 aliphatic carbocycles. The summed E-state index contributed by atoms with van der Waals surface area (Å²) in [4.78, 5) is 36.0. The third-order valence-electron chi connectivity index (χ3n) is 2.87. The predicted octanol–water partition coefficient (Wildman–Crippen LogP) is 3.11. The number of imide groups is 1. The average Bonchev–Trinajstić information content (AvgIpc) is 2.73. The Morgan fingerprint density at radius 2 is 1.91 bits per heavy atom. The summed E-state index contributed by atoms with van der Waals surface area (Å²) in [6.07, 6.45) is 1.67. The van der Waals surface area contributed by atoms with Crippen molar-refractivity contribution in [1.82, 2.24) is 4.90 Å². The van der Waals surface area contributed by atoms with Crippen LogP contribution < -0.4 is 4.74 Å². The number of rotatable bonds is 4. The van der Waals surface area contributed by atoms with Crippen molar-refractivity contribution >= 4 is 80.1 Å². The fourth-order valence-electron chi connectivity index (χ4n) is 1.69. The first kappa shape index (κ1) is 18.5. The van der Waals surface area contributed by atoms with Gasteiger partial charge in [-0.1, -0.05) is 0 Å². The minimum atomic E-state index is -0.461. The highest BCUT2D eigenvalue weighted by molar-refractivity contribution is 14.1. The van der Waals surface area contributed by atoms with Crippen LogP contribution in [-0.4, -0.2) is 42.8 Å². The summed E-state index contributed by atoms with van der Waals surface area (Å²) in [6.45, 7) is -0.170. The number of benzene rings is 1. The van der Waals surface area contributed by atoms with Crippen molar-refractivity contribution in [2.24, 2.45) is 0 Å². The molecule has 6 nitrogen and oxygen atoms in total. The Morgan fingerprint density at radius 3 is 2.39 bits per heavy atom. The molecule has 0 spiro atoms. The second-order valence-electron chi connectivity index (χ2n) is 4.42. The van der Waals surface area contributed by atoms with Gasteiger partial charge in [0.05, 0.1) is 19.2 Å². The number of carbonyl (C=O) groups excluding carboxylic acids is 3. The molecule has 1 aliphatic heterocycles. The van der Waals surface area contributed by atoms with Gasteiger partial charge in [-0.2, -0.15) is 0 Å². The SMILES string of the molecule is COC(=O)COc1c(I)cc(/C=C2\SC(=O)N(C)C2=O)cc1I. The standard InChI is InChI=1S/C14H11I2NO5S/c1-17-13(19)10(23-14(17)20)5-7-3-8(15)12(9(16)4-7)22-6-11(18)21-2/h3-5H,6H2,1-2H3/b10-5-. The maximum atomic E-state index is 11.9. The lowest BCUT2D eigenvalue weighted by molar-refractivity contribution is -0.143. The molecule has 0 N–H and O–H groups in total. The lowest BCUT2D eigenvalue weighted by Crippen LogP contribution is -2.22. The van der Waals surface area contributed by atoms with E-state index in [1.165, 1.54) is 14.2 Å². The molecule has 122 valence electrons. The Morgan fingerprint density at radius 1 is 1.30 bits per heavy atom. The van der Waals surface area contributed by atoms with Gasteiger partial charge in [0, 0.05) is 7.05 Å². The first-order chi connectivity index (χ1) is 10.8. The lowest BCUT2D eigenvalue weighted by Gasteiger charge is -2.10. The fourth-order valence-corrected chi connectivity index (χ4v) is 4.64. The molecule has 0 unspecified atom stereocenters. The van der Waals surface area contributed by atoms with Crippen LogP contribution in [0.3, 0.4) is 0 Å². The third kappa shape index (κ3) is 4.38. The highest BCUT2D eigenvalue weighted by Gasteiger charge is 2.31. The largest absolute Gasteiger partial charge is 0.480 e. The second kappa shape index (κ2) is 7.83. The lowest BCUT2D eigenvalue weighted by atomic mass is 10.2. The van der Waals surface area contributed by atoms with Gasteiger partial charge in [-0.25, -0.2) is 4.79 Å². The molecule has 1 saturated heterocycles. The number of nitrogens with zero attached hydrogens (tertiary/aromatic N) is 1. The van der Waals surface area contributed by atoms with E-state index in [9.17, 15) is 14.4 Å². The summed E-state index contributed by atoms with van der Waals surface area (Å²) >= 11 is 5.09. The molecular formula is C14H11I2NO5S. The molecule has 0 radical (unpaired) electrons. The van der Waals surface area contributed by atoms with E-state index in [2.05, 4.69) is 49.9 Å². The molecule has 0 bridgehead atoms. The van der Waals surface area contributed by atoms with Crippen molar-refractivity contribution < 1.29 is 23.9 Å². The normalized spacial score (nSPS) is 16.2. The van der Waals surface area contributed by atoms with Crippen LogP contribution in [0.15, 0.2) is 17.0 Å². The minimum absolute atomic E-state index is 0.170. The van der Waals surface area contributed by atoms with Crippen LogP contribution in [0, 0.1) is 7.14 Å². The van der Waals surface area contributed by atoms with Gasteiger partial charge in [-0.3, -0.25) is 14.5 Å². The number of amides is 2. The summed E-state index contributed by atoms with van der Waals surface area (Å²) in [7, 11) is 2.75. The monoisotopic (exact) mass is 559 g/mol. The Labute approximate surface area is 164 Å². The van der Waals surface area contributed by atoms with E-state index in [0.29, 0.717) is 10.7 Å². The van der Waals surface area contributed by atoms with E-state index in [1.54, 1.807) is 6.08 Å². The van der Waals surface area contributed by atoms with E-state index in [1.807, 2.05) is 12.1 Å². The van der Waals surface area contributed by atoms with Gasteiger partial charge in [0.15, 0.2) is 6.61 Å². The number of hydrogen-bond donors (Lipinski definition) is 0. The van der Waals surface area contributed by atoms with E-state index < -0.39 is 5.97 Å². The number of halogens is 2. The number of ether oxygens (including phenoxy) is 2. The summed E-state index contributed by atoms with van der Waals surface area (Å²) in [5, 5.41) is -0.288. The molecule has 23 heavy (non-hydrogen) atoms. The molecule has 9 heteroatoms. The van der Waals surface area contributed by atoms with E-state index in [0.717, 1.165) is 29.4 Å². The van der Waals surface area contributed by atoms with Gasteiger partial charge in [0.2, 0.25) is 0 Å². The van der Waals surface area contributed by atoms with Crippen molar-refractivity contribution in [3.8, 4) is 5.75 Å². The Hall–Kier alpha value is -0.820.